The molecule has 106 valence electrons. The molecule has 0 saturated heterocycles. The van der Waals surface area contributed by atoms with Crippen LogP contribution in [0.5, 0.6) is 5.75 Å². The fourth-order valence-corrected chi connectivity index (χ4v) is 1.85. The van der Waals surface area contributed by atoms with Crippen molar-refractivity contribution in [3.63, 3.8) is 0 Å². The Labute approximate surface area is 118 Å². The van der Waals surface area contributed by atoms with Gasteiger partial charge in [0.05, 0.1) is 12.3 Å². The number of halogens is 1. The Kier molecular flexibility index (Phi) is 5.50. The molecule has 0 fully saturated rings. The second kappa shape index (κ2) is 7.60. The Balaban J connectivity index is 1.63. The molecule has 0 aliphatic rings. The van der Waals surface area contributed by atoms with Crippen LogP contribution >= 0.6 is 0 Å². The number of nitrogens with zero attached hydrogens (tertiary/aromatic N) is 1. The number of aromatic nitrogens is 1. The molecule has 2 rings (SSSR count). The van der Waals surface area contributed by atoms with E-state index in [1.165, 1.54) is 12.1 Å². The summed E-state index contributed by atoms with van der Waals surface area (Å²) in [5.41, 5.74) is 1.03. The first-order valence-electron chi connectivity index (χ1n) is 6.78. The van der Waals surface area contributed by atoms with Gasteiger partial charge in [0.15, 0.2) is 0 Å². The standard InChI is InChI=1S/C16H19FN2O/c1-13(16-5-2-3-10-19-16)18-11-4-12-20-15-8-6-14(17)7-9-15/h2-3,5-10,13,18H,4,11-12H2,1H3. The Bertz CT molecular complexity index is 502. The lowest BCUT2D eigenvalue weighted by molar-refractivity contribution is 0.305. The lowest BCUT2D eigenvalue weighted by Gasteiger charge is -2.13. The van der Waals surface area contributed by atoms with Crippen LogP contribution in [-0.2, 0) is 0 Å². The average molecular weight is 274 g/mol. The molecule has 4 heteroatoms. The molecule has 1 aromatic carbocycles. The number of hydrogen-bond donors (Lipinski definition) is 1. The summed E-state index contributed by atoms with van der Waals surface area (Å²) in [5, 5.41) is 3.39. The van der Waals surface area contributed by atoms with E-state index in [9.17, 15) is 4.39 Å². The van der Waals surface area contributed by atoms with Gasteiger partial charge in [0.25, 0.3) is 0 Å². The number of benzene rings is 1. The molecule has 0 aliphatic carbocycles. The molecule has 2 aromatic rings. The fourth-order valence-electron chi connectivity index (χ4n) is 1.85. The van der Waals surface area contributed by atoms with E-state index in [2.05, 4.69) is 17.2 Å². The van der Waals surface area contributed by atoms with Crippen LogP contribution < -0.4 is 10.1 Å². The van der Waals surface area contributed by atoms with Crippen molar-refractivity contribution in [3.8, 4) is 5.75 Å². The maximum absolute atomic E-state index is 12.7. The third-order valence-corrected chi connectivity index (χ3v) is 2.99. The number of pyridine rings is 1. The summed E-state index contributed by atoms with van der Waals surface area (Å²) < 4.78 is 18.2. The zero-order valence-electron chi connectivity index (χ0n) is 11.6. The van der Waals surface area contributed by atoms with E-state index in [1.54, 1.807) is 18.3 Å². The van der Waals surface area contributed by atoms with Gasteiger partial charge in [-0.1, -0.05) is 6.07 Å². The summed E-state index contributed by atoms with van der Waals surface area (Å²) in [7, 11) is 0. The Hall–Kier alpha value is -1.94. The lowest BCUT2D eigenvalue weighted by Crippen LogP contribution is -2.22. The van der Waals surface area contributed by atoms with Gasteiger partial charge in [0.2, 0.25) is 0 Å². The van der Waals surface area contributed by atoms with Crippen LogP contribution in [0.3, 0.4) is 0 Å². The smallest absolute Gasteiger partial charge is 0.123 e. The third kappa shape index (κ3) is 4.63. The molecule has 0 saturated carbocycles. The van der Waals surface area contributed by atoms with Crippen molar-refractivity contribution < 1.29 is 9.13 Å². The van der Waals surface area contributed by atoms with E-state index >= 15 is 0 Å². The minimum absolute atomic E-state index is 0.224. The molecular weight excluding hydrogens is 255 g/mol. The number of rotatable bonds is 7. The second-order valence-electron chi connectivity index (χ2n) is 4.59. The molecule has 1 aromatic heterocycles. The summed E-state index contributed by atoms with van der Waals surface area (Å²) in [6.45, 7) is 3.54. The third-order valence-electron chi connectivity index (χ3n) is 2.99. The van der Waals surface area contributed by atoms with Gasteiger partial charge >= 0.3 is 0 Å². The molecule has 1 N–H and O–H groups in total. The lowest BCUT2D eigenvalue weighted by atomic mass is 10.2. The SMILES string of the molecule is CC(NCCCOc1ccc(F)cc1)c1ccccn1. The average Bonchev–Trinajstić information content (AvgIpc) is 2.49. The van der Waals surface area contributed by atoms with Crippen molar-refractivity contribution in [1.82, 2.24) is 10.3 Å². The quantitative estimate of drug-likeness (QED) is 0.786. The van der Waals surface area contributed by atoms with E-state index in [0.717, 1.165) is 18.7 Å². The minimum atomic E-state index is -0.247. The van der Waals surface area contributed by atoms with Crippen molar-refractivity contribution >= 4 is 0 Å². The molecule has 1 heterocycles. The molecule has 0 radical (unpaired) electrons. The number of ether oxygens (including phenoxy) is 1. The van der Waals surface area contributed by atoms with E-state index < -0.39 is 0 Å². The van der Waals surface area contributed by atoms with Crippen molar-refractivity contribution in [1.29, 1.82) is 0 Å². The second-order valence-corrected chi connectivity index (χ2v) is 4.59. The van der Waals surface area contributed by atoms with Crippen LogP contribution in [0.2, 0.25) is 0 Å². The Morgan fingerprint density at radius 3 is 2.70 bits per heavy atom. The van der Waals surface area contributed by atoms with Gasteiger partial charge in [-0.2, -0.15) is 0 Å². The van der Waals surface area contributed by atoms with Crippen LogP contribution in [0.4, 0.5) is 4.39 Å². The molecule has 1 atom stereocenters. The maximum atomic E-state index is 12.7. The number of nitrogens with one attached hydrogen (secondary N) is 1. The normalized spacial score (nSPS) is 12.1. The van der Waals surface area contributed by atoms with Crippen LogP contribution in [-0.4, -0.2) is 18.1 Å². The zero-order chi connectivity index (χ0) is 14.2. The molecule has 1 unspecified atom stereocenters. The van der Waals surface area contributed by atoms with Crippen LogP contribution in [0.25, 0.3) is 0 Å². The first-order valence-corrected chi connectivity index (χ1v) is 6.78. The van der Waals surface area contributed by atoms with Crippen molar-refractivity contribution in [2.24, 2.45) is 0 Å². The predicted octanol–water partition coefficient (Wildman–Crippen LogP) is 3.34. The molecule has 20 heavy (non-hydrogen) atoms. The van der Waals surface area contributed by atoms with Gasteiger partial charge in [-0.25, -0.2) is 4.39 Å². The first kappa shape index (κ1) is 14.5. The zero-order valence-corrected chi connectivity index (χ0v) is 11.6. The van der Waals surface area contributed by atoms with Gasteiger partial charge in [-0.15, -0.1) is 0 Å². The molecule has 0 spiro atoms. The summed E-state index contributed by atoms with van der Waals surface area (Å²) in [6, 6.07) is 12.2. The largest absolute Gasteiger partial charge is 0.494 e. The van der Waals surface area contributed by atoms with Gasteiger partial charge in [-0.05, 0) is 56.3 Å². The molecule has 0 amide bonds. The van der Waals surface area contributed by atoms with Gasteiger partial charge in [0, 0.05) is 12.2 Å². The van der Waals surface area contributed by atoms with Gasteiger partial charge in [-0.3, -0.25) is 4.98 Å². The summed E-state index contributed by atoms with van der Waals surface area (Å²) in [5.74, 6) is 0.451. The van der Waals surface area contributed by atoms with E-state index in [4.69, 9.17) is 4.74 Å². The van der Waals surface area contributed by atoms with Crippen molar-refractivity contribution in [2.45, 2.75) is 19.4 Å². The van der Waals surface area contributed by atoms with E-state index in [-0.39, 0.29) is 11.9 Å². The van der Waals surface area contributed by atoms with Crippen LogP contribution in [0.15, 0.2) is 48.7 Å². The monoisotopic (exact) mass is 274 g/mol. The van der Waals surface area contributed by atoms with Crippen molar-refractivity contribution in [2.75, 3.05) is 13.2 Å². The number of hydrogen-bond acceptors (Lipinski definition) is 3. The summed E-state index contributed by atoms with van der Waals surface area (Å²) >= 11 is 0. The molecule has 3 nitrogen and oxygen atoms in total. The predicted molar refractivity (Wildman–Crippen MR) is 77.2 cm³/mol. The summed E-state index contributed by atoms with van der Waals surface area (Å²) in [6.07, 6.45) is 2.68. The highest BCUT2D eigenvalue weighted by atomic mass is 19.1. The van der Waals surface area contributed by atoms with E-state index in [1.807, 2.05) is 18.2 Å². The highest BCUT2D eigenvalue weighted by molar-refractivity contribution is 5.21. The van der Waals surface area contributed by atoms with E-state index in [0.29, 0.717) is 12.4 Å². The Morgan fingerprint density at radius 1 is 1.20 bits per heavy atom. The minimum Gasteiger partial charge on any atom is -0.494 e. The topological polar surface area (TPSA) is 34.1 Å². The first-order chi connectivity index (χ1) is 9.75. The molecule has 0 aliphatic heterocycles. The van der Waals surface area contributed by atoms with Crippen LogP contribution in [0.1, 0.15) is 25.1 Å². The van der Waals surface area contributed by atoms with Gasteiger partial charge < -0.3 is 10.1 Å². The highest BCUT2D eigenvalue weighted by Gasteiger charge is 2.04. The Morgan fingerprint density at radius 2 is 2.00 bits per heavy atom. The summed E-state index contributed by atoms with van der Waals surface area (Å²) in [4.78, 5) is 4.30. The molecular formula is C16H19FN2O. The highest BCUT2D eigenvalue weighted by Crippen LogP contribution is 2.11. The van der Waals surface area contributed by atoms with Gasteiger partial charge in [0.1, 0.15) is 11.6 Å². The van der Waals surface area contributed by atoms with Crippen molar-refractivity contribution in [3.05, 3.63) is 60.2 Å². The molecule has 0 bridgehead atoms. The fraction of sp³-hybridized carbons (Fsp3) is 0.312. The van der Waals surface area contributed by atoms with Crippen LogP contribution in [0, 0.1) is 5.82 Å². The maximum Gasteiger partial charge on any atom is 0.123 e.